The highest BCUT2D eigenvalue weighted by molar-refractivity contribution is 6.33. The van der Waals surface area contributed by atoms with Gasteiger partial charge in [0, 0.05) is 5.56 Å². The van der Waals surface area contributed by atoms with E-state index in [0.29, 0.717) is 17.9 Å². The number of carbonyl (C=O) groups is 1. The predicted octanol–water partition coefficient (Wildman–Crippen LogP) is 4.09. The van der Waals surface area contributed by atoms with Crippen LogP contribution in [0.25, 0.3) is 0 Å². The summed E-state index contributed by atoms with van der Waals surface area (Å²) in [5, 5.41) is -0.393. The van der Waals surface area contributed by atoms with Gasteiger partial charge in [0.25, 0.3) is 0 Å². The fraction of sp³-hybridized carbons (Fsp3) is 0.500. The predicted molar refractivity (Wildman–Crippen MR) is 69.2 cm³/mol. The molecule has 0 aliphatic heterocycles. The number of carbonyl (C=O) groups excluding carboxylic acids is 1. The van der Waals surface area contributed by atoms with E-state index in [0.717, 1.165) is 6.42 Å². The molecule has 0 heterocycles. The Labute approximate surface area is 103 Å². The summed E-state index contributed by atoms with van der Waals surface area (Å²) in [5.74, 6) is 0.665. The second kappa shape index (κ2) is 6.05. The molecule has 0 aliphatic carbocycles. The van der Waals surface area contributed by atoms with Gasteiger partial charge in [-0.05, 0) is 24.3 Å². The fourth-order valence-electron chi connectivity index (χ4n) is 1.64. The molecule has 0 radical (unpaired) electrons. The molecule has 1 aromatic carbocycles. The zero-order chi connectivity index (χ0) is 12.1. The van der Waals surface area contributed by atoms with Crippen molar-refractivity contribution in [3.05, 3.63) is 35.4 Å². The van der Waals surface area contributed by atoms with Crippen LogP contribution in [0.3, 0.4) is 0 Å². The lowest BCUT2D eigenvalue weighted by Crippen LogP contribution is -2.13. The Balaban J connectivity index is 2.74. The standard InChI is InChI=1S/C14H19ClO/c1-4-13(15)14(16)12-7-5-11(6-8-12)9-10(2)3/h5-8,10,13H,4,9H2,1-3H3. The van der Waals surface area contributed by atoms with Crippen molar-refractivity contribution >= 4 is 17.4 Å². The van der Waals surface area contributed by atoms with E-state index >= 15 is 0 Å². The first kappa shape index (κ1) is 13.2. The van der Waals surface area contributed by atoms with Crippen LogP contribution in [0.4, 0.5) is 0 Å². The van der Waals surface area contributed by atoms with Gasteiger partial charge in [0.05, 0.1) is 5.38 Å². The lowest BCUT2D eigenvalue weighted by Gasteiger charge is -2.08. The van der Waals surface area contributed by atoms with Crippen LogP contribution in [-0.2, 0) is 6.42 Å². The minimum Gasteiger partial charge on any atom is -0.293 e. The van der Waals surface area contributed by atoms with Crippen LogP contribution in [0.2, 0.25) is 0 Å². The maximum atomic E-state index is 11.8. The number of alkyl halides is 1. The third kappa shape index (κ3) is 3.64. The Morgan fingerprint density at radius 2 is 1.81 bits per heavy atom. The molecule has 0 spiro atoms. The van der Waals surface area contributed by atoms with Gasteiger partial charge in [-0.3, -0.25) is 4.79 Å². The largest absolute Gasteiger partial charge is 0.293 e. The Morgan fingerprint density at radius 1 is 1.25 bits per heavy atom. The maximum Gasteiger partial charge on any atom is 0.180 e. The number of hydrogen-bond donors (Lipinski definition) is 0. The first-order valence-electron chi connectivity index (χ1n) is 5.81. The van der Waals surface area contributed by atoms with Gasteiger partial charge < -0.3 is 0 Å². The van der Waals surface area contributed by atoms with Gasteiger partial charge in [-0.15, -0.1) is 11.6 Å². The summed E-state index contributed by atoms with van der Waals surface area (Å²) in [6.45, 7) is 6.29. The molecule has 0 bridgehead atoms. The molecule has 2 heteroatoms. The highest BCUT2D eigenvalue weighted by Gasteiger charge is 2.14. The van der Waals surface area contributed by atoms with Crippen LogP contribution in [0.5, 0.6) is 0 Å². The molecule has 0 saturated carbocycles. The van der Waals surface area contributed by atoms with Gasteiger partial charge in [0.2, 0.25) is 0 Å². The number of rotatable bonds is 5. The lowest BCUT2D eigenvalue weighted by molar-refractivity contribution is 0.0985. The number of benzene rings is 1. The van der Waals surface area contributed by atoms with Crippen LogP contribution in [-0.4, -0.2) is 11.2 Å². The fourth-order valence-corrected chi connectivity index (χ4v) is 1.77. The summed E-state index contributed by atoms with van der Waals surface area (Å²) in [5.41, 5.74) is 1.99. The van der Waals surface area contributed by atoms with Gasteiger partial charge in [0.15, 0.2) is 5.78 Å². The van der Waals surface area contributed by atoms with Crippen molar-refractivity contribution in [2.75, 3.05) is 0 Å². The second-order valence-corrected chi connectivity index (χ2v) is 5.06. The van der Waals surface area contributed by atoms with Crippen molar-refractivity contribution in [3.8, 4) is 0 Å². The number of Topliss-reactive ketones (excluding diaryl/α,β-unsaturated/α-hetero) is 1. The monoisotopic (exact) mass is 238 g/mol. The van der Waals surface area contributed by atoms with Crippen LogP contribution < -0.4 is 0 Å². The van der Waals surface area contributed by atoms with Crippen molar-refractivity contribution in [1.82, 2.24) is 0 Å². The first-order chi connectivity index (χ1) is 7.54. The van der Waals surface area contributed by atoms with E-state index < -0.39 is 5.38 Å². The lowest BCUT2D eigenvalue weighted by atomic mass is 9.99. The molecule has 0 saturated heterocycles. The minimum atomic E-state index is -0.393. The molecule has 0 fully saturated rings. The van der Waals surface area contributed by atoms with Crippen molar-refractivity contribution in [3.63, 3.8) is 0 Å². The number of halogens is 1. The Morgan fingerprint density at radius 3 is 2.25 bits per heavy atom. The zero-order valence-corrected chi connectivity index (χ0v) is 10.9. The highest BCUT2D eigenvalue weighted by Crippen LogP contribution is 2.14. The molecule has 0 aliphatic rings. The van der Waals surface area contributed by atoms with Crippen molar-refractivity contribution < 1.29 is 4.79 Å². The number of ketones is 1. The van der Waals surface area contributed by atoms with E-state index in [2.05, 4.69) is 13.8 Å². The van der Waals surface area contributed by atoms with E-state index in [1.54, 1.807) is 0 Å². The third-order valence-corrected chi connectivity index (χ3v) is 3.03. The third-order valence-electron chi connectivity index (χ3n) is 2.53. The van der Waals surface area contributed by atoms with Crippen LogP contribution in [0, 0.1) is 5.92 Å². The maximum absolute atomic E-state index is 11.8. The summed E-state index contributed by atoms with van der Waals surface area (Å²) in [4.78, 5) is 11.8. The van der Waals surface area contributed by atoms with E-state index in [-0.39, 0.29) is 5.78 Å². The van der Waals surface area contributed by atoms with E-state index in [1.807, 2.05) is 31.2 Å². The molecule has 0 N–H and O–H groups in total. The smallest absolute Gasteiger partial charge is 0.180 e. The van der Waals surface area contributed by atoms with Gasteiger partial charge >= 0.3 is 0 Å². The van der Waals surface area contributed by atoms with Crippen molar-refractivity contribution in [2.24, 2.45) is 5.92 Å². The minimum absolute atomic E-state index is 0.0280. The number of hydrogen-bond acceptors (Lipinski definition) is 1. The van der Waals surface area contributed by atoms with Gasteiger partial charge in [-0.2, -0.15) is 0 Å². The summed E-state index contributed by atoms with van der Waals surface area (Å²) < 4.78 is 0. The average Bonchev–Trinajstić information content (AvgIpc) is 2.27. The Kier molecular flexibility index (Phi) is 5.01. The Hall–Kier alpha value is -0.820. The summed E-state index contributed by atoms with van der Waals surface area (Å²) in [6.07, 6.45) is 1.72. The zero-order valence-electron chi connectivity index (χ0n) is 10.2. The van der Waals surface area contributed by atoms with Gasteiger partial charge in [-0.25, -0.2) is 0 Å². The molecule has 1 atom stereocenters. The van der Waals surface area contributed by atoms with Crippen LogP contribution in [0.1, 0.15) is 43.1 Å². The molecule has 88 valence electrons. The van der Waals surface area contributed by atoms with Gasteiger partial charge in [0.1, 0.15) is 0 Å². The van der Waals surface area contributed by atoms with Crippen LogP contribution >= 0.6 is 11.6 Å². The van der Waals surface area contributed by atoms with E-state index in [4.69, 9.17) is 11.6 Å². The first-order valence-corrected chi connectivity index (χ1v) is 6.25. The van der Waals surface area contributed by atoms with Crippen LogP contribution in [0.15, 0.2) is 24.3 Å². The molecular weight excluding hydrogens is 220 g/mol. The topological polar surface area (TPSA) is 17.1 Å². The second-order valence-electron chi connectivity index (χ2n) is 4.53. The molecule has 1 unspecified atom stereocenters. The Bertz CT molecular complexity index is 340. The molecule has 0 aromatic heterocycles. The molecule has 0 amide bonds. The molecule has 1 aromatic rings. The summed E-state index contributed by atoms with van der Waals surface area (Å²) in [6, 6.07) is 7.80. The average molecular weight is 239 g/mol. The summed E-state index contributed by atoms with van der Waals surface area (Å²) in [7, 11) is 0. The highest BCUT2D eigenvalue weighted by atomic mass is 35.5. The normalized spacial score (nSPS) is 12.8. The van der Waals surface area contributed by atoms with Crippen molar-refractivity contribution in [2.45, 2.75) is 39.0 Å². The molecule has 16 heavy (non-hydrogen) atoms. The summed E-state index contributed by atoms with van der Waals surface area (Å²) >= 11 is 5.92. The van der Waals surface area contributed by atoms with Crippen molar-refractivity contribution in [1.29, 1.82) is 0 Å². The van der Waals surface area contributed by atoms with E-state index in [1.165, 1.54) is 5.56 Å². The van der Waals surface area contributed by atoms with E-state index in [9.17, 15) is 4.79 Å². The quantitative estimate of drug-likeness (QED) is 0.558. The molecule has 1 rings (SSSR count). The molecular formula is C14H19ClO. The molecule has 1 nitrogen and oxygen atoms in total. The SMILES string of the molecule is CCC(Cl)C(=O)c1ccc(CC(C)C)cc1. The van der Waals surface area contributed by atoms with Gasteiger partial charge in [-0.1, -0.05) is 45.0 Å².